The molecule has 4 rings (SSSR count). The second-order valence-electron chi connectivity index (χ2n) is 5.34. The number of hydrogen-bond donors (Lipinski definition) is 0. The van der Waals surface area contributed by atoms with Gasteiger partial charge in [0, 0.05) is 21.6 Å². The van der Waals surface area contributed by atoms with Crippen molar-refractivity contribution in [3.63, 3.8) is 0 Å². The first-order valence-corrected chi connectivity index (χ1v) is 7.82. The molecule has 2 aromatic carbocycles. The number of benzene rings is 2. The lowest BCUT2D eigenvalue weighted by Crippen LogP contribution is -2.04. The Morgan fingerprint density at radius 2 is 1.71 bits per heavy atom. The molecule has 120 valence electrons. The first-order chi connectivity index (χ1) is 11.4. The van der Waals surface area contributed by atoms with E-state index in [1.54, 1.807) is 10.7 Å². The molecule has 4 aromatic rings. The van der Waals surface area contributed by atoms with Gasteiger partial charge in [0.1, 0.15) is 6.33 Å². The van der Waals surface area contributed by atoms with Crippen LogP contribution in [0.4, 0.5) is 13.2 Å². The van der Waals surface area contributed by atoms with Gasteiger partial charge in [-0.2, -0.15) is 18.3 Å². The van der Waals surface area contributed by atoms with Crippen molar-refractivity contribution in [1.29, 1.82) is 0 Å². The number of fused-ring (bicyclic) bond motifs is 3. The van der Waals surface area contributed by atoms with Crippen LogP contribution in [0.2, 0.25) is 0 Å². The third-order valence-electron chi connectivity index (χ3n) is 3.86. The smallest absolute Gasteiger partial charge is 0.220 e. The van der Waals surface area contributed by atoms with Gasteiger partial charge in [0.25, 0.3) is 0 Å². The van der Waals surface area contributed by atoms with Gasteiger partial charge in [-0.15, -0.1) is 0 Å². The maximum atomic E-state index is 12.8. The first kappa shape index (κ1) is 15.1. The van der Waals surface area contributed by atoms with Crippen molar-refractivity contribution in [1.82, 2.24) is 14.6 Å². The summed E-state index contributed by atoms with van der Waals surface area (Å²) in [6.07, 6.45) is -1.12. The summed E-state index contributed by atoms with van der Waals surface area (Å²) < 4.78 is 40.8. The zero-order valence-electron chi connectivity index (χ0n) is 12.0. The van der Waals surface area contributed by atoms with Crippen LogP contribution in [0, 0.1) is 0 Å². The van der Waals surface area contributed by atoms with Gasteiger partial charge in [0.15, 0.2) is 5.65 Å². The van der Waals surface area contributed by atoms with E-state index < -0.39 is 11.7 Å². The van der Waals surface area contributed by atoms with Crippen molar-refractivity contribution in [3.8, 4) is 11.1 Å². The number of nitrogens with zero attached hydrogens (tertiary/aromatic N) is 3. The minimum atomic E-state index is -4.35. The largest absolute Gasteiger partial charge is 0.416 e. The molecule has 2 heterocycles. The molecule has 0 atom stereocenters. The average molecular weight is 392 g/mol. The monoisotopic (exact) mass is 391 g/mol. The van der Waals surface area contributed by atoms with Gasteiger partial charge < -0.3 is 0 Å². The first-order valence-electron chi connectivity index (χ1n) is 7.03. The van der Waals surface area contributed by atoms with Crippen LogP contribution in [0.5, 0.6) is 0 Å². The maximum absolute atomic E-state index is 12.8. The lowest BCUT2D eigenvalue weighted by molar-refractivity contribution is -0.137. The molecule has 0 unspecified atom stereocenters. The zero-order valence-corrected chi connectivity index (χ0v) is 13.6. The molecule has 0 saturated heterocycles. The van der Waals surface area contributed by atoms with Crippen LogP contribution in [0.1, 0.15) is 5.56 Å². The van der Waals surface area contributed by atoms with Gasteiger partial charge in [-0.3, -0.25) is 0 Å². The molecule has 0 radical (unpaired) electrons. The van der Waals surface area contributed by atoms with Gasteiger partial charge >= 0.3 is 6.18 Å². The lowest BCUT2D eigenvalue weighted by Gasteiger charge is -2.11. The van der Waals surface area contributed by atoms with Gasteiger partial charge in [0.05, 0.1) is 5.56 Å². The van der Waals surface area contributed by atoms with E-state index >= 15 is 0 Å². The highest BCUT2D eigenvalue weighted by Crippen LogP contribution is 2.34. The summed E-state index contributed by atoms with van der Waals surface area (Å²) in [6.45, 7) is 0. The molecule has 3 nitrogen and oxygen atoms in total. The summed E-state index contributed by atoms with van der Waals surface area (Å²) in [5, 5.41) is 5.93. The number of aromatic nitrogens is 3. The Kier molecular flexibility index (Phi) is 3.35. The van der Waals surface area contributed by atoms with E-state index in [9.17, 15) is 13.2 Å². The Morgan fingerprint density at radius 1 is 0.958 bits per heavy atom. The van der Waals surface area contributed by atoms with Crippen molar-refractivity contribution in [2.24, 2.45) is 0 Å². The molecule has 0 bridgehead atoms. The standard InChI is InChI=1S/C17H9BrF3N3/c18-12-5-6-13-14(7-12)16-22-9-23-24(16)8-15(13)10-1-3-11(4-2-10)17(19,20)21/h1-9H. The van der Waals surface area contributed by atoms with Crippen molar-refractivity contribution < 1.29 is 13.2 Å². The van der Waals surface area contributed by atoms with Gasteiger partial charge in [-0.1, -0.05) is 34.1 Å². The average Bonchev–Trinajstić information content (AvgIpc) is 3.02. The molecule has 0 N–H and O–H groups in total. The molecule has 0 aliphatic carbocycles. The lowest BCUT2D eigenvalue weighted by atomic mass is 9.99. The van der Waals surface area contributed by atoms with Crippen LogP contribution in [0.25, 0.3) is 27.5 Å². The van der Waals surface area contributed by atoms with E-state index in [4.69, 9.17) is 0 Å². The summed E-state index contributed by atoms with van der Waals surface area (Å²) in [6, 6.07) is 10.9. The third-order valence-corrected chi connectivity index (χ3v) is 4.35. The fourth-order valence-corrected chi connectivity index (χ4v) is 3.10. The molecule has 7 heteroatoms. The van der Waals surface area contributed by atoms with Crippen molar-refractivity contribution in [3.05, 3.63) is 65.0 Å². The van der Waals surface area contributed by atoms with Crippen LogP contribution in [-0.2, 0) is 6.18 Å². The van der Waals surface area contributed by atoms with E-state index in [-0.39, 0.29) is 0 Å². The predicted octanol–water partition coefficient (Wildman–Crippen LogP) is 5.33. The topological polar surface area (TPSA) is 30.2 Å². The summed E-state index contributed by atoms with van der Waals surface area (Å²) in [5.74, 6) is 0. The van der Waals surface area contributed by atoms with Crippen molar-refractivity contribution >= 4 is 32.3 Å². The summed E-state index contributed by atoms with van der Waals surface area (Å²) in [5.41, 5.74) is 1.51. The Morgan fingerprint density at radius 3 is 2.42 bits per heavy atom. The van der Waals surface area contributed by atoms with Crippen LogP contribution < -0.4 is 0 Å². The Labute approximate surface area is 142 Å². The van der Waals surface area contributed by atoms with E-state index in [0.717, 1.165) is 32.9 Å². The number of halogens is 4. The summed E-state index contributed by atoms with van der Waals surface area (Å²) >= 11 is 3.44. The molecular weight excluding hydrogens is 383 g/mol. The minimum absolute atomic E-state index is 0.667. The van der Waals surface area contributed by atoms with Crippen molar-refractivity contribution in [2.75, 3.05) is 0 Å². The van der Waals surface area contributed by atoms with Gasteiger partial charge in [-0.05, 0) is 35.2 Å². The number of pyridine rings is 1. The van der Waals surface area contributed by atoms with Crippen LogP contribution in [0.15, 0.2) is 59.5 Å². The van der Waals surface area contributed by atoms with E-state index in [0.29, 0.717) is 11.2 Å². The number of hydrogen-bond acceptors (Lipinski definition) is 2. The molecule has 0 amide bonds. The zero-order chi connectivity index (χ0) is 16.9. The van der Waals surface area contributed by atoms with E-state index in [1.165, 1.54) is 18.5 Å². The quantitative estimate of drug-likeness (QED) is 0.438. The highest BCUT2D eigenvalue weighted by atomic mass is 79.9. The molecule has 0 aliphatic heterocycles. The SMILES string of the molecule is FC(F)(F)c1ccc(-c2cn3ncnc3c3cc(Br)ccc23)cc1. The fraction of sp³-hybridized carbons (Fsp3) is 0.0588. The second kappa shape index (κ2) is 5.31. The molecule has 24 heavy (non-hydrogen) atoms. The Balaban J connectivity index is 1.98. The van der Waals surface area contributed by atoms with Gasteiger partial charge in [-0.25, -0.2) is 9.50 Å². The molecular formula is C17H9BrF3N3. The Bertz CT molecular complexity index is 1050. The van der Waals surface area contributed by atoms with E-state index in [2.05, 4.69) is 26.0 Å². The van der Waals surface area contributed by atoms with Crippen LogP contribution in [-0.4, -0.2) is 14.6 Å². The molecule has 0 fully saturated rings. The van der Waals surface area contributed by atoms with E-state index in [1.807, 2.05) is 18.2 Å². The van der Waals surface area contributed by atoms with Crippen LogP contribution in [0.3, 0.4) is 0 Å². The third kappa shape index (κ3) is 2.45. The van der Waals surface area contributed by atoms with Crippen LogP contribution >= 0.6 is 15.9 Å². The van der Waals surface area contributed by atoms with Crippen molar-refractivity contribution in [2.45, 2.75) is 6.18 Å². The number of alkyl halides is 3. The molecule has 0 aliphatic rings. The molecule has 0 spiro atoms. The number of rotatable bonds is 1. The normalized spacial score (nSPS) is 12.2. The predicted molar refractivity (Wildman–Crippen MR) is 88.6 cm³/mol. The van der Waals surface area contributed by atoms with Gasteiger partial charge in [0.2, 0.25) is 0 Å². The summed E-state index contributed by atoms with van der Waals surface area (Å²) in [4.78, 5) is 4.25. The maximum Gasteiger partial charge on any atom is 0.416 e. The summed E-state index contributed by atoms with van der Waals surface area (Å²) in [7, 11) is 0. The highest BCUT2D eigenvalue weighted by molar-refractivity contribution is 9.10. The molecule has 2 aromatic heterocycles. The minimum Gasteiger partial charge on any atom is -0.220 e. The molecule has 0 saturated carbocycles. The Hall–Kier alpha value is -2.41. The highest BCUT2D eigenvalue weighted by Gasteiger charge is 2.30. The fourth-order valence-electron chi connectivity index (χ4n) is 2.73. The second-order valence-corrected chi connectivity index (χ2v) is 6.25.